The number of nitrogens with zero attached hydrogens (tertiary/aromatic N) is 3. The van der Waals surface area contributed by atoms with E-state index in [1.54, 1.807) is 18.3 Å². The van der Waals surface area contributed by atoms with Gasteiger partial charge in [-0.25, -0.2) is 9.78 Å². The molecule has 19 heavy (non-hydrogen) atoms. The van der Waals surface area contributed by atoms with Crippen LogP contribution < -0.4 is 4.90 Å². The number of aromatic nitrogens is 2. The van der Waals surface area contributed by atoms with Gasteiger partial charge in [0.2, 0.25) is 0 Å². The van der Waals surface area contributed by atoms with Crippen molar-refractivity contribution in [2.24, 2.45) is 0 Å². The summed E-state index contributed by atoms with van der Waals surface area (Å²) in [6.07, 6.45) is 3.79. The number of imidazole rings is 1. The lowest BCUT2D eigenvalue weighted by Gasteiger charge is -2.30. The third kappa shape index (κ3) is 2.23. The molecule has 0 aliphatic carbocycles. The molecular weight excluding hydrogens is 310 g/mol. The van der Waals surface area contributed by atoms with Crippen molar-refractivity contribution in [1.82, 2.24) is 9.55 Å². The quantitative estimate of drug-likeness (QED) is 0.922. The summed E-state index contributed by atoms with van der Waals surface area (Å²) in [7, 11) is 0. The summed E-state index contributed by atoms with van der Waals surface area (Å²) in [5.41, 5.74) is 1.29. The first-order valence-electron chi connectivity index (χ1n) is 5.93. The van der Waals surface area contributed by atoms with E-state index in [0.29, 0.717) is 0 Å². The van der Waals surface area contributed by atoms with Crippen molar-refractivity contribution in [3.05, 3.63) is 46.5 Å². The molecule has 0 amide bonds. The number of carboxylic acids is 1. The molecule has 0 spiro atoms. The van der Waals surface area contributed by atoms with Gasteiger partial charge >= 0.3 is 5.97 Å². The number of carboxylic acid groups (broad SMARTS) is 1. The molecule has 0 bridgehead atoms. The molecule has 0 saturated carbocycles. The Hall–Kier alpha value is -1.82. The number of anilines is 1. The standard InChI is InChI=1S/C13H12BrN3O2/c14-10-7-9(13(18)19)1-2-11(10)17-6-5-16-4-3-15-12(16)8-17/h1-4,7H,5-6,8H2,(H,18,19). The van der Waals surface area contributed by atoms with Gasteiger partial charge in [-0.1, -0.05) is 0 Å². The number of carbonyl (C=O) groups is 1. The van der Waals surface area contributed by atoms with Gasteiger partial charge in [-0.05, 0) is 34.1 Å². The fourth-order valence-corrected chi connectivity index (χ4v) is 2.91. The van der Waals surface area contributed by atoms with Gasteiger partial charge in [-0.15, -0.1) is 0 Å². The molecule has 1 aliphatic heterocycles. The first kappa shape index (κ1) is 12.2. The summed E-state index contributed by atoms with van der Waals surface area (Å²) in [4.78, 5) is 17.4. The van der Waals surface area contributed by atoms with E-state index in [4.69, 9.17) is 5.11 Å². The first-order chi connectivity index (χ1) is 9.15. The third-order valence-electron chi connectivity index (χ3n) is 3.28. The zero-order valence-corrected chi connectivity index (χ0v) is 11.7. The predicted octanol–water partition coefficient (Wildman–Crippen LogP) is 2.36. The van der Waals surface area contributed by atoms with E-state index >= 15 is 0 Å². The fraction of sp³-hybridized carbons (Fsp3) is 0.231. The largest absolute Gasteiger partial charge is 0.478 e. The van der Waals surface area contributed by atoms with E-state index in [1.807, 2.05) is 12.3 Å². The van der Waals surface area contributed by atoms with Crippen LogP contribution in [0.4, 0.5) is 5.69 Å². The molecule has 0 radical (unpaired) electrons. The summed E-state index contributed by atoms with van der Waals surface area (Å²) in [5.74, 6) is 0.113. The van der Waals surface area contributed by atoms with Gasteiger partial charge < -0.3 is 14.6 Å². The Morgan fingerprint density at radius 3 is 2.95 bits per heavy atom. The highest BCUT2D eigenvalue weighted by Gasteiger charge is 2.19. The molecular formula is C13H12BrN3O2. The highest BCUT2D eigenvalue weighted by atomic mass is 79.9. The molecule has 1 aromatic carbocycles. The molecule has 0 saturated heterocycles. The van der Waals surface area contributed by atoms with Crippen LogP contribution in [0, 0.1) is 0 Å². The summed E-state index contributed by atoms with van der Waals surface area (Å²) < 4.78 is 2.93. The molecule has 6 heteroatoms. The van der Waals surface area contributed by atoms with E-state index in [0.717, 1.165) is 35.6 Å². The fourth-order valence-electron chi connectivity index (χ4n) is 2.28. The molecule has 5 nitrogen and oxygen atoms in total. The molecule has 98 valence electrons. The van der Waals surface area contributed by atoms with Crippen LogP contribution in [0.2, 0.25) is 0 Å². The molecule has 1 N–H and O–H groups in total. The highest BCUT2D eigenvalue weighted by molar-refractivity contribution is 9.10. The average Bonchev–Trinajstić information content (AvgIpc) is 2.85. The van der Waals surface area contributed by atoms with Crippen LogP contribution in [0.5, 0.6) is 0 Å². The minimum atomic E-state index is -0.915. The van der Waals surface area contributed by atoms with E-state index in [2.05, 4.69) is 30.4 Å². The lowest BCUT2D eigenvalue weighted by molar-refractivity contribution is 0.0697. The van der Waals surface area contributed by atoms with Gasteiger partial charge in [-0.2, -0.15) is 0 Å². The number of halogens is 1. The lowest BCUT2D eigenvalue weighted by Crippen LogP contribution is -2.33. The second kappa shape index (κ2) is 4.70. The Kier molecular flexibility index (Phi) is 3.02. The van der Waals surface area contributed by atoms with E-state index < -0.39 is 5.97 Å². The van der Waals surface area contributed by atoms with E-state index in [9.17, 15) is 4.79 Å². The van der Waals surface area contributed by atoms with Crippen molar-refractivity contribution in [2.75, 3.05) is 11.4 Å². The maximum Gasteiger partial charge on any atom is 0.335 e. The van der Waals surface area contributed by atoms with Crippen molar-refractivity contribution >= 4 is 27.6 Å². The van der Waals surface area contributed by atoms with Crippen LogP contribution in [0.15, 0.2) is 35.1 Å². The molecule has 1 aliphatic rings. The third-order valence-corrected chi connectivity index (χ3v) is 3.92. The normalized spacial score (nSPS) is 14.3. The number of benzene rings is 1. The summed E-state index contributed by atoms with van der Waals surface area (Å²) in [6.45, 7) is 2.51. The van der Waals surface area contributed by atoms with Gasteiger partial charge in [0, 0.05) is 30.0 Å². The number of rotatable bonds is 2. The Balaban J connectivity index is 1.90. The molecule has 3 rings (SSSR count). The Labute approximate surface area is 118 Å². The number of hydrogen-bond donors (Lipinski definition) is 1. The van der Waals surface area contributed by atoms with Gasteiger partial charge in [0.15, 0.2) is 0 Å². The van der Waals surface area contributed by atoms with E-state index in [1.165, 1.54) is 0 Å². The monoisotopic (exact) mass is 321 g/mol. The molecule has 0 fully saturated rings. The van der Waals surface area contributed by atoms with Crippen molar-refractivity contribution < 1.29 is 9.90 Å². The zero-order chi connectivity index (χ0) is 13.4. The molecule has 2 aromatic rings. The predicted molar refractivity (Wildman–Crippen MR) is 74.4 cm³/mol. The van der Waals surface area contributed by atoms with Crippen LogP contribution in [0.25, 0.3) is 0 Å². The van der Waals surface area contributed by atoms with Crippen LogP contribution in [0.1, 0.15) is 16.2 Å². The first-order valence-corrected chi connectivity index (χ1v) is 6.72. The number of fused-ring (bicyclic) bond motifs is 1. The van der Waals surface area contributed by atoms with Gasteiger partial charge in [0.05, 0.1) is 17.8 Å². The van der Waals surface area contributed by atoms with Crippen LogP contribution >= 0.6 is 15.9 Å². The van der Waals surface area contributed by atoms with Crippen molar-refractivity contribution in [1.29, 1.82) is 0 Å². The second-order valence-electron chi connectivity index (χ2n) is 4.43. The summed E-state index contributed by atoms with van der Waals surface area (Å²) in [6, 6.07) is 5.11. The SMILES string of the molecule is O=C(O)c1ccc(N2CCn3ccnc3C2)c(Br)c1. The van der Waals surface area contributed by atoms with Gasteiger partial charge in [0.1, 0.15) is 5.82 Å². The molecule has 2 heterocycles. The van der Waals surface area contributed by atoms with Crippen molar-refractivity contribution in [3.63, 3.8) is 0 Å². The smallest absolute Gasteiger partial charge is 0.335 e. The minimum Gasteiger partial charge on any atom is -0.478 e. The Bertz CT molecular complexity index is 639. The maximum atomic E-state index is 10.9. The summed E-state index contributed by atoms with van der Waals surface area (Å²) in [5, 5.41) is 8.97. The highest BCUT2D eigenvalue weighted by Crippen LogP contribution is 2.29. The minimum absolute atomic E-state index is 0.286. The molecule has 0 unspecified atom stereocenters. The number of aromatic carboxylic acids is 1. The van der Waals surface area contributed by atoms with Crippen molar-refractivity contribution in [3.8, 4) is 0 Å². The van der Waals surface area contributed by atoms with Gasteiger partial charge in [0.25, 0.3) is 0 Å². The second-order valence-corrected chi connectivity index (χ2v) is 5.28. The molecule has 1 aromatic heterocycles. The number of hydrogen-bond acceptors (Lipinski definition) is 3. The van der Waals surface area contributed by atoms with Crippen LogP contribution in [0.3, 0.4) is 0 Å². The topological polar surface area (TPSA) is 58.4 Å². The van der Waals surface area contributed by atoms with Crippen LogP contribution in [-0.2, 0) is 13.1 Å². The van der Waals surface area contributed by atoms with E-state index in [-0.39, 0.29) is 5.56 Å². The Morgan fingerprint density at radius 1 is 1.37 bits per heavy atom. The lowest BCUT2D eigenvalue weighted by atomic mass is 10.2. The Morgan fingerprint density at radius 2 is 2.21 bits per heavy atom. The van der Waals surface area contributed by atoms with Crippen molar-refractivity contribution in [2.45, 2.75) is 13.1 Å². The van der Waals surface area contributed by atoms with Crippen LogP contribution in [-0.4, -0.2) is 27.2 Å². The molecule has 0 atom stereocenters. The maximum absolute atomic E-state index is 10.9. The zero-order valence-electron chi connectivity index (χ0n) is 10.1. The summed E-state index contributed by atoms with van der Waals surface area (Å²) >= 11 is 3.45. The average molecular weight is 322 g/mol. The van der Waals surface area contributed by atoms with Gasteiger partial charge in [-0.3, -0.25) is 0 Å².